The topological polar surface area (TPSA) is 105 Å². The number of fused-ring (bicyclic) bond motifs is 1. The molecule has 3 saturated heterocycles. The zero-order chi connectivity index (χ0) is 26.6. The molecule has 1 aromatic carbocycles. The van der Waals surface area contributed by atoms with Crippen molar-refractivity contribution in [3.8, 4) is 0 Å². The molecule has 4 rings (SSSR count). The van der Waals surface area contributed by atoms with Gasteiger partial charge in [-0.25, -0.2) is 0 Å². The molecule has 36 heavy (non-hydrogen) atoms. The molecule has 0 aromatic heterocycles. The van der Waals surface area contributed by atoms with E-state index in [2.05, 4.69) is 5.32 Å². The van der Waals surface area contributed by atoms with E-state index in [1.807, 2.05) is 59.7 Å². The maximum Gasteiger partial charge on any atom is 0.312 e. The predicted octanol–water partition coefficient (Wildman–Crippen LogP) is 3.22. The summed E-state index contributed by atoms with van der Waals surface area (Å²) in [4.78, 5) is 43.1. The summed E-state index contributed by atoms with van der Waals surface area (Å²) in [7, 11) is 0. The molecular formula is C28H40N2O6. The maximum atomic E-state index is 14.2. The second kappa shape index (κ2) is 9.45. The Hall–Kier alpha value is -2.45. The number of ether oxygens (including phenoxy) is 2. The van der Waals surface area contributed by atoms with Crippen LogP contribution in [0.3, 0.4) is 0 Å². The van der Waals surface area contributed by atoms with E-state index in [0.29, 0.717) is 18.5 Å². The van der Waals surface area contributed by atoms with E-state index in [4.69, 9.17) is 9.47 Å². The third-order valence-electron chi connectivity index (χ3n) is 8.62. The summed E-state index contributed by atoms with van der Waals surface area (Å²) in [5, 5.41) is 13.4. The number of benzene rings is 1. The molecule has 3 heterocycles. The van der Waals surface area contributed by atoms with E-state index in [9.17, 15) is 19.5 Å². The molecule has 8 nitrogen and oxygen atoms in total. The summed E-state index contributed by atoms with van der Waals surface area (Å²) in [5.41, 5.74) is 0.440. The number of esters is 1. The van der Waals surface area contributed by atoms with E-state index < -0.39 is 41.1 Å². The van der Waals surface area contributed by atoms with Gasteiger partial charge in [0.2, 0.25) is 11.8 Å². The summed E-state index contributed by atoms with van der Waals surface area (Å²) >= 11 is 0. The molecule has 198 valence electrons. The van der Waals surface area contributed by atoms with Crippen LogP contribution in [0.4, 0.5) is 5.69 Å². The lowest BCUT2D eigenvalue weighted by molar-refractivity contribution is -0.162. The molecular weight excluding hydrogens is 460 g/mol. The minimum Gasteiger partial charge on any atom is -0.466 e. The van der Waals surface area contributed by atoms with Crippen LogP contribution in [0.25, 0.3) is 0 Å². The predicted molar refractivity (Wildman–Crippen MR) is 135 cm³/mol. The van der Waals surface area contributed by atoms with Crippen LogP contribution in [0.5, 0.6) is 0 Å². The van der Waals surface area contributed by atoms with Crippen molar-refractivity contribution in [3.63, 3.8) is 0 Å². The number of amides is 2. The maximum absolute atomic E-state index is 14.2. The van der Waals surface area contributed by atoms with Gasteiger partial charge in [-0.05, 0) is 63.5 Å². The average molecular weight is 501 g/mol. The molecule has 2 N–H and O–H groups in total. The Balaban J connectivity index is 1.84. The van der Waals surface area contributed by atoms with Gasteiger partial charge in [0, 0.05) is 5.69 Å². The number of para-hydroxylation sites is 1. The zero-order valence-electron chi connectivity index (χ0n) is 22.5. The van der Waals surface area contributed by atoms with Crippen molar-refractivity contribution < 1.29 is 29.0 Å². The first-order valence-corrected chi connectivity index (χ1v) is 13.1. The van der Waals surface area contributed by atoms with Crippen LogP contribution < -0.4 is 5.32 Å². The SMILES string of the molecule is CCOC(=O)[C@H]1[C@H]2C(=O)N([C@@H](CO)CC(C)C)C(C(=O)Nc3c(C)cccc3C)C23CC(C)[C@]1(C)O3. The molecule has 3 fully saturated rings. The molecule has 7 atom stereocenters. The van der Waals surface area contributed by atoms with E-state index >= 15 is 0 Å². The molecule has 3 aliphatic heterocycles. The van der Waals surface area contributed by atoms with Crippen LogP contribution in [0.15, 0.2) is 18.2 Å². The number of rotatable bonds is 8. The number of hydrogen-bond donors (Lipinski definition) is 2. The number of hydrogen-bond acceptors (Lipinski definition) is 6. The number of aryl methyl sites for hydroxylation is 2. The van der Waals surface area contributed by atoms with Crippen LogP contribution in [0.2, 0.25) is 0 Å². The zero-order valence-corrected chi connectivity index (χ0v) is 22.5. The lowest BCUT2D eigenvalue weighted by Gasteiger charge is -2.37. The van der Waals surface area contributed by atoms with Crippen LogP contribution in [-0.2, 0) is 23.9 Å². The molecule has 3 aliphatic rings. The lowest BCUT2D eigenvalue weighted by Crippen LogP contribution is -2.56. The van der Waals surface area contributed by atoms with Crippen LogP contribution in [-0.4, -0.2) is 64.3 Å². The first-order valence-electron chi connectivity index (χ1n) is 13.1. The molecule has 0 saturated carbocycles. The number of likely N-dealkylation sites (tertiary alicyclic amines) is 1. The van der Waals surface area contributed by atoms with Crippen molar-refractivity contribution in [3.05, 3.63) is 29.3 Å². The van der Waals surface area contributed by atoms with Crippen molar-refractivity contribution in [2.45, 2.75) is 84.6 Å². The molecule has 1 aromatic rings. The molecule has 2 amide bonds. The Bertz CT molecular complexity index is 1040. The third kappa shape index (κ3) is 3.84. The largest absolute Gasteiger partial charge is 0.466 e. The van der Waals surface area contributed by atoms with Gasteiger partial charge in [-0.3, -0.25) is 14.4 Å². The van der Waals surface area contributed by atoms with Crippen molar-refractivity contribution in [1.29, 1.82) is 0 Å². The summed E-state index contributed by atoms with van der Waals surface area (Å²) in [6.45, 7) is 13.4. The van der Waals surface area contributed by atoms with Crippen molar-refractivity contribution in [2.75, 3.05) is 18.5 Å². The Morgan fingerprint density at radius 1 is 1.28 bits per heavy atom. The van der Waals surface area contributed by atoms with Gasteiger partial charge in [0.05, 0.1) is 30.8 Å². The van der Waals surface area contributed by atoms with Crippen molar-refractivity contribution in [2.24, 2.45) is 23.7 Å². The molecule has 0 aliphatic carbocycles. The summed E-state index contributed by atoms with van der Waals surface area (Å²) in [5.74, 6) is -2.67. The number of aliphatic hydroxyl groups excluding tert-OH is 1. The number of aliphatic hydroxyl groups is 1. The normalized spacial score (nSPS) is 33.7. The van der Waals surface area contributed by atoms with Gasteiger partial charge >= 0.3 is 5.97 Å². The summed E-state index contributed by atoms with van der Waals surface area (Å²) < 4.78 is 12.1. The standard InChI is InChI=1S/C28H40N2O6/c1-8-35-26(34)21-20-25(33)30(19(14-31)12-15(2)3)23(28(20)13-18(6)27(21,7)36-28)24(32)29-22-16(4)10-9-11-17(22)5/h9-11,15,18-21,23,31H,8,12-14H2,1-7H3,(H,29,32)/t18?,19-,20+,21-,23?,27+,28?/m1/s1. The molecule has 1 spiro atoms. The third-order valence-corrected chi connectivity index (χ3v) is 8.62. The number of carbonyl (C=O) groups is 3. The molecule has 2 bridgehead atoms. The molecule has 8 heteroatoms. The van der Waals surface area contributed by atoms with E-state index in [0.717, 1.165) is 11.1 Å². The molecule has 0 radical (unpaired) electrons. The van der Waals surface area contributed by atoms with Gasteiger partial charge in [0.25, 0.3) is 0 Å². The Morgan fingerprint density at radius 2 is 1.92 bits per heavy atom. The van der Waals surface area contributed by atoms with Crippen LogP contribution in [0, 0.1) is 37.5 Å². The quantitative estimate of drug-likeness (QED) is 0.531. The summed E-state index contributed by atoms with van der Waals surface area (Å²) in [6, 6.07) is 4.23. The number of nitrogens with one attached hydrogen (secondary N) is 1. The lowest BCUT2D eigenvalue weighted by atomic mass is 9.62. The Labute approximate surface area is 213 Å². The van der Waals surface area contributed by atoms with Gasteiger partial charge < -0.3 is 24.8 Å². The van der Waals surface area contributed by atoms with Gasteiger partial charge in [0.15, 0.2) is 0 Å². The van der Waals surface area contributed by atoms with E-state index in [-0.39, 0.29) is 36.9 Å². The van der Waals surface area contributed by atoms with Gasteiger partial charge in [-0.2, -0.15) is 0 Å². The van der Waals surface area contributed by atoms with Crippen molar-refractivity contribution in [1.82, 2.24) is 4.90 Å². The average Bonchev–Trinajstić information content (AvgIpc) is 3.31. The second-order valence-electron chi connectivity index (χ2n) is 11.4. The highest BCUT2D eigenvalue weighted by Gasteiger charge is 2.80. The first kappa shape index (κ1) is 26.6. The highest BCUT2D eigenvalue weighted by Crippen LogP contribution is 2.65. The van der Waals surface area contributed by atoms with E-state index in [1.165, 1.54) is 4.90 Å². The fourth-order valence-electron chi connectivity index (χ4n) is 6.98. The number of nitrogens with zero attached hydrogens (tertiary/aromatic N) is 1. The minimum atomic E-state index is -1.17. The highest BCUT2D eigenvalue weighted by molar-refractivity contribution is 6.04. The van der Waals surface area contributed by atoms with Gasteiger partial charge in [-0.15, -0.1) is 0 Å². The first-order chi connectivity index (χ1) is 16.9. The van der Waals surface area contributed by atoms with Gasteiger partial charge in [-0.1, -0.05) is 39.0 Å². The number of anilines is 1. The summed E-state index contributed by atoms with van der Waals surface area (Å²) in [6.07, 6.45) is 0.992. The monoisotopic (exact) mass is 500 g/mol. The van der Waals surface area contributed by atoms with Gasteiger partial charge in [0.1, 0.15) is 17.6 Å². The highest BCUT2D eigenvalue weighted by atomic mass is 16.6. The van der Waals surface area contributed by atoms with Crippen molar-refractivity contribution >= 4 is 23.5 Å². The van der Waals surface area contributed by atoms with E-state index in [1.54, 1.807) is 6.92 Å². The fourth-order valence-corrected chi connectivity index (χ4v) is 6.98. The van der Waals surface area contributed by atoms with Crippen LogP contribution in [0.1, 0.15) is 58.6 Å². The minimum absolute atomic E-state index is 0.0657. The Kier molecular flexibility index (Phi) is 6.99. The number of carbonyl (C=O) groups excluding carboxylic acids is 3. The Morgan fingerprint density at radius 3 is 2.47 bits per heavy atom. The van der Waals surface area contributed by atoms with Crippen LogP contribution >= 0.6 is 0 Å². The molecule has 3 unspecified atom stereocenters. The fraction of sp³-hybridized carbons (Fsp3) is 0.679. The smallest absolute Gasteiger partial charge is 0.312 e. The second-order valence-corrected chi connectivity index (χ2v) is 11.4.